The summed E-state index contributed by atoms with van der Waals surface area (Å²) >= 11 is 0. The van der Waals surface area contributed by atoms with Gasteiger partial charge in [-0.2, -0.15) is 0 Å². The van der Waals surface area contributed by atoms with Crippen molar-refractivity contribution in [2.24, 2.45) is 13.0 Å². The number of nitrogens with one attached hydrogen (secondary N) is 1. The normalized spacial score (nSPS) is 12.9. The van der Waals surface area contributed by atoms with Crippen LogP contribution in [0.25, 0.3) is 0 Å². The molecular formula is C15H22N4O2. The number of hydrogen-bond acceptors (Lipinski definition) is 4. The van der Waals surface area contributed by atoms with Crippen molar-refractivity contribution in [3.05, 3.63) is 35.7 Å². The predicted molar refractivity (Wildman–Crippen MR) is 78.8 cm³/mol. The van der Waals surface area contributed by atoms with Gasteiger partial charge >= 0.3 is 0 Å². The molecule has 0 aromatic carbocycles. The fraction of sp³-hybridized carbons (Fsp3) is 0.533. The van der Waals surface area contributed by atoms with Crippen molar-refractivity contribution in [2.45, 2.75) is 39.7 Å². The number of carbonyl (C=O) groups is 1. The number of amides is 1. The van der Waals surface area contributed by atoms with Gasteiger partial charge in [0.05, 0.1) is 11.7 Å². The summed E-state index contributed by atoms with van der Waals surface area (Å²) in [4.78, 5) is 16.6. The molecule has 0 bridgehead atoms. The van der Waals surface area contributed by atoms with Crippen LogP contribution in [0.4, 0.5) is 0 Å². The third-order valence-corrected chi connectivity index (χ3v) is 3.43. The van der Waals surface area contributed by atoms with Crippen LogP contribution in [0.3, 0.4) is 0 Å². The van der Waals surface area contributed by atoms with Crippen molar-refractivity contribution < 1.29 is 9.32 Å². The van der Waals surface area contributed by atoms with Crippen molar-refractivity contribution in [3.63, 3.8) is 0 Å². The lowest BCUT2D eigenvalue weighted by molar-refractivity contribution is 0.0884. The molecule has 0 spiro atoms. The first-order chi connectivity index (χ1) is 9.90. The highest BCUT2D eigenvalue weighted by Gasteiger charge is 2.24. The molecule has 6 nitrogen and oxygen atoms in total. The van der Waals surface area contributed by atoms with Crippen molar-refractivity contribution in [1.82, 2.24) is 20.0 Å². The van der Waals surface area contributed by atoms with Gasteiger partial charge < -0.3 is 14.4 Å². The molecule has 1 amide bonds. The van der Waals surface area contributed by atoms with Crippen LogP contribution in [-0.2, 0) is 7.05 Å². The van der Waals surface area contributed by atoms with E-state index in [4.69, 9.17) is 4.52 Å². The number of hydrogen-bond donors (Lipinski definition) is 1. The largest absolute Gasteiger partial charge is 0.351 e. The predicted octanol–water partition coefficient (Wildman–Crippen LogP) is 2.66. The Morgan fingerprint density at radius 2 is 2.05 bits per heavy atom. The fourth-order valence-corrected chi connectivity index (χ4v) is 2.09. The Morgan fingerprint density at radius 3 is 2.52 bits per heavy atom. The van der Waals surface area contributed by atoms with E-state index in [1.54, 1.807) is 12.3 Å². The highest BCUT2D eigenvalue weighted by Crippen LogP contribution is 2.21. The van der Waals surface area contributed by atoms with E-state index in [-0.39, 0.29) is 29.5 Å². The molecule has 0 saturated heterocycles. The van der Waals surface area contributed by atoms with Crippen molar-refractivity contribution >= 4 is 5.91 Å². The number of aryl methyl sites for hydroxylation is 1. The Morgan fingerprint density at radius 1 is 1.33 bits per heavy atom. The second kappa shape index (κ2) is 6.11. The average molecular weight is 290 g/mol. The first kappa shape index (κ1) is 15.3. The monoisotopic (exact) mass is 290 g/mol. The lowest BCUT2D eigenvalue weighted by Gasteiger charge is -2.21. The van der Waals surface area contributed by atoms with Crippen LogP contribution in [0.5, 0.6) is 0 Å². The average Bonchev–Trinajstić information content (AvgIpc) is 3.04. The molecule has 2 rings (SSSR count). The lowest BCUT2D eigenvalue weighted by Crippen LogP contribution is -2.33. The highest BCUT2D eigenvalue weighted by atomic mass is 16.5. The van der Waals surface area contributed by atoms with Crippen molar-refractivity contribution in [2.75, 3.05) is 0 Å². The van der Waals surface area contributed by atoms with E-state index in [2.05, 4.69) is 15.5 Å². The van der Waals surface area contributed by atoms with Gasteiger partial charge in [0.1, 0.15) is 5.82 Å². The van der Waals surface area contributed by atoms with E-state index in [0.717, 1.165) is 11.5 Å². The molecule has 0 aliphatic heterocycles. The van der Waals surface area contributed by atoms with Crippen LogP contribution in [0, 0.1) is 5.92 Å². The SMILES string of the molecule is CC(C)c1cc(C(=O)NC(c2nccn2C)C(C)C)on1. The quantitative estimate of drug-likeness (QED) is 0.918. The summed E-state index contributed by atoms with van der Waals surface area (Å²) < 4.78 is 7.03. The minimum absolute atomic E-state index is 0.176. The zero-order chi connectivity index (χ0) is 15.6. The molecule has 2 aromatic rings. The minimum atomic E-state index is -0.268. The van der Waals surface area contributed by atoms with E-state index in [1.165, 1.54) is 0 Å². The first-order valence-electron chi connectivity index (χ1n) is 7.14. The fourth-order valence-electron chi connectivity index (χ4n) is 2.09. The molecule has 0 fully saturated rings. The second-order valence-electron chi connectivity index (χ2n) is 5.86. The van der Waals surface area contributed by atoms with Gasteiger partial charge in [0.25, 0.3) is 5.91 Å². The maximum Gasteiger partial charge on any atom is 0.290 e. The molecule has 21 heavy (non-hydrogen) atoms. The molecule has 1 N–H and O–H groups in total. The zero-order valence-corrected chi connectivity index (χ0v) is 13.1. The van der Waals surface area contributed by atoms with Crippen molar-refractivity contribution in [1.29, 1.82) is 0 Å². The van der Waals surface area contributed by atoms with E-state index in [0.29, 0.717) is 0 Å². The van der Waals surface area contributed by atoms with Gasteiger partial charge in [0.15, 0.2) is 0 Å². The minimum Gasteiger partial charge on any atom is -0.351 e. The molecule has 2 aromatic heterocycles. The Hall–Kier alpha value is -2.11. The Balaban J connectivity index is 2.17. The Kier molecular flexibility index (Phi) is 4.45. The zero-order valence-electron chi connectivity index (χ0n) is 13.1. The smallest absolute Gasteiger partial charge is 0.290 e. The van der Waals surface area contributed by atoms with Gasteiger partial charge in [-0.05, 0) is 11.8 Å². The van der Waals surface area contributed by atoms with Gasteiger partial charge in [-0.25, -0.2) is 4.98 Å². The van der Waals surface area contributed by atoms with Crippen LogP contribution in [0.1, 0.15) is 61.7 Å². The van der Waals surface area contributed by atoms with Gasteiger partial charge in [0.2, 0.25) is 5.76 Å². The number of imidazole rings is 1. The van der Waals surface area contributed by atoms with Crippen LogP contribution < -0.4 is 5.32 Å². The molecular weight excluding hydrogens is 268 g/mol. The molecule has 1 atom stereocenters. The Labute approximate surface area is 124 Å². The maximum absolute atomic E-state index is 12.3. The number of carbonyl (C=O) groups excluding carboxylic acids is 1. The summed E-state index contributed by atoms with van der Waals surface area (Å²) in [5.74, 6) is 1.23. The van der Waals surface area contributed by atoms with Crippen LogP contribution >= 0.6 is 0 Å². The van der Waals surface area contributed by atoms with Crippen LogP contribution in [0.2, 0.25) is 0 Å². The highest BCUT2D eigenvalue weighted by molar-refractivity contribution is 5.91. The third-order valence-electron chi connectivity index (χ3n) is 3.43. The van der Waals surface area contributed by atoms with E-state index in [1.807, 2.05) is 45.5 Å². The number of rotatable bonds is 5. The van der Waals surface area contributed by atoms with Gasteiger partial charge in [-0.3, -0.25) is 4.79 Å². The standard InChI is InChI=1S/C15H22N4O2/c1-9(2)11-8-12(21-18-11)15(20)17-13(10(3)4)14-16-6-7-19(14)5/h6-10,13H,1-5H3,(H,17,20). The summed E-state index contributed by atoms with van der Waals surface area (Å²) in [6.07, 6.45) is 3.59. The summed E-state index contributed by atoms with van der Waals surface area (Å²) in [5, 5.41) is 6.88. The molecule has 6 heteroatoms. The lowest BCUT2D eigenvalue weighted by atomic mass is 10.0. The summed E-state index contributed by atoms with van der Waals surface area (Å²) in [6.45, 7) is 8.09. The van der Waals surface area contributed by atoms with Gasteiger partial charge in [0, 0.05) is 25.5 Å². The van der Waals surface area contributed by atoms with Crippen LogP contribution in [0.15, 0.2) is 23.0 Å². The van der Waals surface area contributed by atoms with Crippen LogP contribution in [-0.4, -0.2) is 20.6 Å². The van der Waals surface area contributed by atoms with E-state index < -0.39 is 0 Å². The van der Waals surface area contributed by atoms with E-state index >= 15 is 0 Å². The van der Waals surface area contributed by atoms with E-state index in [9.17, 15) is 4.79 Å². The number of aromatic nitrogens is 3. The second-order valence-corrected chi connectivity index (χ2v) is 5.86. The molecule has 0 aliphatic rings. The third kappa shape index (κ3) is 3.32. The molecule has 1 unspecified atom stereocenters. The summed E-state index contributed by atoms with van der Waals surface area (Å²) in [7, 11) is 1.91. The van der Waals surface area contributed by atoms with Crippen molar-refractivity contribution in [3.8, 4) is 0 Å². The molecule has 2 heterocycles. The Bertz CT molecular complexity index is 613. The molecule has 0 saturated carbocycles. The molecule has 0 aliphatic carbocycles. The van der Waals surface area contributed by atoms with Gasteiger partial charge in [-0.1, -0.05) is 32.9 Å². The molecule has 0 radical (unpaired) electrons. The number of nitrogens with zero attached hydrogens (tertiary/aromatic N) is 3. The maximum atomic E-state index is 12.3. The summed E-state index contributed by atoms with van der Waals surface area (Å²) in [6, 6.07) is 1.51. The van der Waals surface area contributed by atoms with Gasteiger partial charge in [-0.15, -0.1) is 0 Å². The topological polar surface area (TPSA) is 73.0 Å². The summed E-state index contributed by atoms with van der Waals surface area (Å²) in [5.41, 5.74) is 0.776. The molecule has 114 valence electrons. The first-order valence-corrected chi connectivity index (χ1v) is 7.14.